The second kappa shape index (κ2) is 4.61. The fourth-order valence-electron chi connectivity index (χ4n) is 5.43. The molecule has 0 saturated heterocycles. The largest absolute Gasteiger partial charge is 0.303 e. The van der Waals surface area contributed by atoms with Crippen molar-refractivity contribution in [3.8, 4) is 0 Å². The van der Waals surface area contributed by atoms with E-state index in [4.69, 9.17) is 0 Å². The number of carbonyl (C=O) groups excluding carboxylic acids is 1. The third-order valence-electron chi connectivity index (χ3n) is 6.28. The Bertz CT molecular complexity index is 456. The van der Waals surface area contributed by atoms with Gasteiger partial charge in [-0.25, -0.2) is 0 Å². The smallest absolute Gasteiger partial charge is 0.126 e. The van der Waals surface area contributed by atoms with Gasteiger partial charge in [0.15, 0.2) is 0 Å². The first kappa shape index (κ1) is 11.9. The van der Waals surface area contributed by atoms with Gasteiger partial charge in [-0.2, -0.15) is 0 Å². The van der Waals surface area contributed by atoms with E-state index in [1.54, 1.807) is 11.1 Å². The van der Waals surface area contributed by atoms with Crippen LogP contribution >= 0.6 is 0 Å². The number of carbonyl (C=O) groups is 1. The third-order valence-corrected chi connectivity index (χ3v) is 6.28. The second-order valence-corrected chi connectivity index (χ2v) is 7.07. The van der Waals surface area contributed by atoms with Crippen LogP contribution in [0, 0.1) is 23.7 Å². The lowest BCUT2D eigenvalue weighted by atomic mass is 9.63. The Labute approximate surface area is 116 Å². The lowest BCUT2D eigenvalue weighted by Crippen LogP contribution is -2.30. The Balaban J connectivity index is 1.69. The van der Waals surface area contributed by atoms with E-state index in [9.17, 15) is 4.79 Å². The van der Waals surface area contributed by atoms with E-state index in [1.165, 1.54) is 51.4 Å². The summed E-state index contributed by atoms with van der Waals surface area (Å²) in [5.41, 5.74) is 5.07. The fourth-order valence-corrected chi connectivity index (χ4v) is 5.43. The molecular formula is C18H24O. The Morgan fingerprint density at radius 3 is 2.84 bits per heavy atom. The Morgan fingerprint density at radius 1 is 1.00 bits per heavy atom. The molecule has 0 heterocycles. The van der Waals surface area contributed by atoms with E-state index >= 15 is 0 Å². The maximum Gasteiger partial charge on any atom is 0.126 e. The highest BCUT2D eigenvalue weighted by molar-refractivity contribution is 5.60. The fraction of sp³-hybridized carbons (Fsp3) is 0.722. The molecule has 1 heteroatoms. The van der Waals surface area contributed by atoms with Crippen LogP contribution in [0.3, 0.4) is 0 Å². The SMILES string of the molecule is O=CC1C=C2CC[C@@H]3C(=C2CC1)CC[C@@H]1CCC[C@H]13. The molecule has 1 unspecified atom stereocenters. The standard InChI is InChI=1S/C18H24O/c19-11-12-4-7-16-14(10-12)6-9-17-15-3-1-2-13(15)5-8-18(16)17/h10-13,15,17H,1-9H2/t12?,13-,15+,17-/m0/s1. The molecule has 0 N–H and O–H groups in total. The molecule has 4 rings (SSSR count). The van der Waals surface area contributed by atoms with Gasteiger partial charge in [-0.1, -0.05) is 24.5 Å². The van der Waals surface area contributed by atoms with Gasteiger partial charge < -0.3 is 4.79 Å². The first-order valence-electron chi connectivity index (χ1n) is 8.25. The van der Waals surface area contributed by atoms with E-state index in [0.29, 0.717) is 0 Å². The molecular weight excluding hydrogens is 232 g/mol. The van der Waals surface area contributed by atoms with E-state index in [2.05, 4.69) is 6.08 Å². The minimum absolute atomic E-state index is 0.207. The van der Waals surface area contributed by atoms with E-state index < -0.39 is 0 Å². The summed E-state index contributed by atoms with van der Waals surface area (Å²) < 4.78 is 0. The number of aldehydes is 1. The average Bonchev–Trinajstić information content (AvgIpc) is 2.94. The highest BCUT2D eigenvalue weighted by Crippen LogP contribution is 2.54. The molecule has 4 atom stereocenters. The van der Waals surface area contributed by atoms with Gasteiger partial charge in [0, 0.05) is 5.92 Å². The summed E-state index contributed by atoms with van der Waals surface area (Å²) in [4.78, 5) is 11.0. The van der Waals surface area contributed by atoms with Crippen molar-refractivity contribution in [1.82, 2.24) is 0 Å². The Kier molecular flexibility index (Phi) is 2.90. The molecule has 4 aliphatic rings. The quantitative estimate of drug-likeness (QED) is 0.634. The lowest BCUT2D eigenvalue weighted by Gasteiger charge is -2.42. The highest BCUT2D eigenvalue weighted by Gasteiger charge is 2.41. The topological polar surface area (TPSA) is 17.1 Å². The van der Waals surface area contributed by atoms with Gasteiger partial charge in [0.05, 0.1) is 0 Å². The summed E-state index contributed by atoms with van der Waals surface area (Å²) in [5.74, 6) is 3.19. The van der Waals surface area contributed by atoms with E-state index in [-0.39, 0.29) is 5.92 Å². The van der Waals surface area contributed by atoms with Crippen molar-refractivity contribution in [3.05, 3.63) is 22.8 Å². The van der Waals surface area contributed by atoms with Crippen LogP contribution in [-0.2, 0) is 4.79 Å². The average molecular weight is 256 g/mol. The molecule has 1 nitrogen and oxygen atoms in total. The third kappa shape index (κ3) is 1.85. The Morgan fingerprint density at radius 2 is 1.95 bits per heavy atom. The highest BCUT2D eigenvalue weighted by atomic mass is 16.1. The minimum Gasteiger partial charge on any atom is -0.303 e. The van der Waals surface area contributed by atoms with Gasteiger partial charge in [-0.05, 0) is 73.8 Å². The van der Waals surface area contributed by atoms with Crippen LogP contribution in [0.25, 0.3) is 0 Å². The molecule has 0 spiro atoms. The summed E-state index contributed by atoms with van der Waals surface area (Å²) >= 11 is 0. The lowest BCUT2D eigenvalue weighted by molar-refractivity contribution is -0.110. The minimum atomic E-state index is 0.207. The summed E-state index contributed by atoms with van der Waals surface area (Å²) in [6.07, 6.45) is 15.6. The van der Waals surface area contributed by atoms with Crippen LogP contribution in [0.4, 0.5) is 0 Å². The van der Waals surface area contributed by atoms with Gasteiger partial charge >= 0.3 is 0 Å². The van der Waals surface area contributed by atoms with Gasteiger partial charge in [0.1, 0.15) is 6.29 Å². The summed E-state index contributed by atoms with van der Waals surface area (Å²) in [7, 11) is 0. The molecule has 0 aliphatic heterocycles. The van der Waals surface area contributed by atoms with Crippen molar-refractivity contribution in [2.45, 2.75) is 57.8 Å². The van der Waals surface area contributed by atoms with Crippen molar-refractivity contribution in [2.24, 2.45) is 23.7 Å². The zero-order chi connectivity index (χ0) is 12.8. The maximum absolute atomic E-state index is 11.0. The van der Waals surface area contributed by atoms with Crippen LogP contribution in [-0.4, -0.2) is 6.29 Å². The predicted octanol–water partition coefficient (Wildman–Crippen LogP) is 4.44. The van der Waals surface area contributed by atoms with Crippen molar-refractivity contribution in [3.63, 3.8) is 0 Å². The number of rotatable bonds is 1. The molecule has 0 bridgehead atoms. The first-order chi connectivity index (χ1) is 9.36. The second-order valence-electron chi connectivity index (χ2n) is 7.07. The van der Waals surface area contributed by atoms with Gasteiger partial charge in [-0.15, -0.1) is 0 Å². The van der Waals surface area contributed by atoms with Crippen LogP contribution in [0.15, 0.2) is 22.8 Å². The molecule has 2 fully saturated rings. The number of hydrogen-bond donors (Lipinski definition) is 0. The number of hydrogen-bond acceptors (Lipinski definition) is 1. The molecule has 0 aromatic heterocycles. The van der Waals surface area contributed by atoms with Gasteiger partial charge in [-0.3, -0.25) is 0 Å². The van der Waals surface area contributed by atoms with Crippen molar-refractivity contribution in [2.75, 3.05) is 0 Å². The van der Waals surface area contributed by atoms with Gasteiger partial charge in [0.2, 0.25) is 0 Å². The summed E-state index contributed by atoms with van der Waals surface area (Å²) in [6, 6.07) is 0. The molecule has 19 heavy (non-hydrogen) atoms. The number of allylic oxidation sites excluding steroid dienone is 4. The zero-order valence-electron chi connectivity index (χ0n) is 11.7. The zero-order valence-corrected chi connectivity index (χ0v) is 11.7. The predicted molar refractivity (Wildman–Crippen MR) is 76.7 cm³/mol. The molecule has 102 valence electrons. The van der Waals surface area contributed by atoms with E-state index in [0.717, 1.165) is 30.5 Å². The maximum atomic E-state index is 11.0. The first-order valence-corrected chi connectivity index (χ1v) is 8.25. The molecule has 0 aromatic rings. The summed E-state index contributed by atoms with van der Waals surface area (Å²) in [6.45, 7) is 0. The van der Waals surface area contributed by atoms with Crippen LogP contribution in [0.1, 0.15) is 57.8 Å². The van der Waals surface area contributed by atoms with Crippen molar-refractivity contribution < 1.29 is 4.79 Å². The molecule has 0 amide bonds. The number of fused-ring (bicyclic) bond motifs is 4. The van der Waals surface area contributed by atoms with Crippen molar-refractivity contribution >= 4 is 6.29 Å². The van der Waals surface area contributed by atoms with Gasteiger partial charge in [0.25, 0.3) is 0 Å². The Hall–Kier alpha value is -0.850. The van der Waals surface area contributed by atoms with E-state index in [1.807, 2.05) is 5.57 Å². The summed E-state index contributed by atoms with van der Waals surface area (Å²) in [5, 5.41) is 0. The molecule has 2 saturated carbocycles. The van der Waals surface area contributed by atoms with Crippen LogP contribution in [0.5, 0.6) is 0 Å². The van der Waals surface area contributed by atoms with Crippen LogP contribution in [0.2, 0.25) is 0 Å². The van der Waals surface area contributed by atoms with Crippen LogP contribution < -0.4 is 0 Å². The molecule has 0 aromatic carbocycles. The van der Waals surface area contributed by atoms with Crippen molar-refractivity contribution in [1.29, 1.82) is 0 Å². The monoisotopic (exact) mass is 256 g/mol. The molecule has 4 aliphatic carbocycles. The normalized spacial score (nSPS) is 41.2. The molecule has 0 radical (unpaired) electrons.